The fourth-order valence-corrected chi connectivity index (χ4v) is 4.29. The maximum absolute atomic E-state index is 12.3. The van der Waals surface area contributed by atoms with E-state index in [0.717, 1.165) is 18.5 Å². The summed E-state index contributed by atoms with van der Waals surface area (Å²) in [6, 6.07) is 32.4. The van der Waals surface area contributed by atoms with Crippen LogP contribution in [-0.2, 0) is 6.42 Å². The van der Waals surface area contributed by atoms with Crippen molar-refractivity contribution >= 4 is 22.4 Å². The summed E-state index contributed by atoms with van der Waals surface area (Å²) in [6.07, 6.45) is 1.85. The topological polar surface area (TPSA) is 55.1 Å². The van der Waals surface area contributed by atoms with Crippen LogP contribution in [-0.4, -0.2) is 11.4 Å². The van der Waals surface area contributed by atoms with Crippen LogP contribution in [0.15, 0.2) is 97.1 Å². The normalized spacial score (nSPS) is 20.1. The number of nitrogens with two attached hydrogens (primary N) is 1. The molecule has 0 heterocycles. The Hall–Kier alpha value is -3.43. The highest BCUT2D eigenvalue weighted by molar-refractivity contribution is 6.04. The second kappa shape index (κ2) is 7.43. The van der Waals surface area contributed by atoms with E-state index >= 15 is 0 Å². The van der Waals surface area contributed by atoms with Gasteiger partial charge in [0.15, 0.2) is 0 Å². The van der Waals surface area contributed by atoms with E-state index in [0.29, 0.717) is 11.5 Å². The Balaban J connectivity index is 1.26. The zero-order valence-electron chi connectivity index (χ0n) is 16.7. The number of benzene rings is 4. The highest BCUT2D eigenvalue weighted by Gasteiger charge is 2.51. The van der Waals surface area contributed by atoms with Crippen LogP contribution in [0.4, 0.5) is 5.69 Å². The van der Waals surface area contributed by atoms with Crippen LogP contribution in [0.3, 0.4) is 0 Å². The third-order valence-corrected chi connectivity index (χ3v) is 6.07. The molecular formula is C27H24N2O. The van der Waals surface area contributed by atoms with Gasteiger partial charge in [0.2, 0.25) is 0 Å². The first-order chi connectivity index (χ1) is 14.6. The van der Waals surface area contributed by atoms with Crippen LogP contribution in [0.2, 0.25) is 0 Å². The number of fused-ring (bicyclic) bond motifs is 1. The van der Waals surface area contributed by atoms with Gasteiger partial charge in [-0.1, -0.05) is 72.8 Å². The zero-order valence-corrected chi connectivity index (χ0v) is 16.7. The molecule has 1 unspecified atom stereocenters. The van der Waals surface area contributed by atoms with Gasteiger partial charge in [0.1, 0.15) is 0 Å². The lowest BCUT2D eigenvalue weighted by Gasteiger charge is -2.13. The van der Waals surface area contributed by atoms with Gasteiger partial charge in [0, 0.05) is 22.7 Å². The van der Waals surface area contributed by atoms with Crippen molar-refractivity contribution in [1.82, 2.24) is 0 Å². The van der Waals surface area contributed by atoms with E-state index in [1.807, 2.05) is 42.5 Å². The average molecular weight is 393 g/mol. The number of hydrogen-bond donors (Lipinski definition) is 2. The van der Waals surface area contributed by atoms with Gasteiger partial charge in [-0.15, -0.1) is 0 Å². The number of hydrogen-bond acceptors (Lipinski definition) is 2. The quantitative estimate of drug-likeness (QED) is 0.470. The Kier molecular flexibility index (Phi) is 4.61. The van der Waals surface area contributed by atoms with Gasteiger partial charge in [-0.2, -0.15) is 0 Å². The predicted molar refractivity (Wildman–Crippen MR) is 123 cm³/mol. The van der Waals surface area contributed by atoms with Gasteiger partial charge < -0.3 is 11.1 Å². The Morgan fingerprint density at radius 3 is 2.33 bits per heavy atom. The third-order valence-electron chi connectivity index (χ3n) is 6.07. The molecule has 3 nitrogen and oxygen atoms in total. The maximum Gasteiger partial charge on any atom is 0.255 e. The summed E-state index contributed by atoms with van der Waals surface area (Å²) in [4.78, 5) is 12.3. The predicted octanol–water partition coefficient (Wildman–Crippen LogP) is 5.52. The molecule has 1 saturated carbocycles. The number of amides is 1. The number of carbonyl (C=O) groups is 1. The SMILES string of the molecule is N[C@]1(Cc2ccc3ccccc3c2)CC1c1ccc(NC(=O)c2ccccc2)cc1. The standard InChI is InChI=1S/C27H24N2O/c28-27(17-19-10-11-20-6-4-5-9-23(20)16-19)18-25(27)21-12-14-24(15-13-21)29-26(30)22-7-2-1-3-8-22/h1-16,25H,17-18,28H2,(H,29,30)/t25?,27-/m1/s1. The summed E-state index contributed by atoms with van der Waals surface area (Å²) < 4.78 is 0. The minimum absolute atomic E-state index is 0.0979. The lowest BCUT2D eigenvalue weighted by atomic mass is 9.97. The van der Waals surface area contributed by atoms with Crippen LogP contribution in [0.5, 0.6) is 0 Å². The van der Waals surface area contributed by atoms with E-state index in [1.165, 1.54) is 21.9 Å². The molecule has 0 radical (unpaired) electrons. The first kappa shape index (κ1) is 18.6. The van der Waals surface area contributed by atoms with Gasteiger partial charge in [-0.3, -0.25) is 4.79 Å². The lowest BCUT2D eigenvalue weighted by Crippen LogP contribution is -2.27. The van der Waals surface area contributed by atoms with Crippen molar-refractivity contribution in [1.29, 1.82) is 0 Å². The van der Waals surface area contributed by atoms with Gasteiger partial charge >= 0.3 is 0 Å². The summed E-state index contributed by atoms with van der Waals surface area (Å²) in [6.45, 7) is 0. The van der Waals surface area contributed by atoms with Crippen molar-refractivity contribution in [2.24, 2.45) is 5.73 Å². The van der Waals surface area contributed by atoms with Crippen molar-refractivity contribution in [2.45, 2.75) is 24.3 Å². The molecule has 0 aliphatic heterocycles. The Morgan fingerprint density at radius 1 is 0.867 bits per heavy atom. The summed E-state index contributed by atoms with van der Waals surface area (Å²) in [5, 5.41) is 5.47. The van der Waals surface area contributed by atoms with Gasteiger partial charge in [0.05, 0.1) is 0 Å². The summed E-state index contributed by atoms with van der Waals surface area (Å²) in [5.74, 6) is 0.252. The Bertz CT molecular complexity index is 1200. The number of rotatable bonds is 5. The Morgan fingerprint density at radius 2 is 1.57 bits per heavy atom. The van der Waals surface area contributed by atoms with Crippen molar-refractivity contribution in [2.75, 3.05) is 5.32 Å². The third kappa shape index (κ3) is 3.72. The summed E-state index contributed by atoms with van der Waals surface area (Å²) >= 11 is 0. The molecule has 4 aromatic carbocycles. The molecule has 4 aromatic rings. The average Bonchev–Trinajstić information content (AvgIpc) is 3.45. The molecular weight excluding hydrogens is 368 g/mol. The highest BCUT2D eigenvalue weighted by atomic mass is 16.1. The molecule has 5 rings (SSSR count). The molecule has 1 amide bonds. The van der Waals surface area contributed by atoms with E-state index in [9.17, 15) is 4.79 Å². The van der Waals surface area contributed by atoms with Crippen molar-refractivity contribution in [3.63, 3.8) is 0 Å². The van der Waals surface area contributed by atoms with E-state index in [1.54, 1.807) is 0 Å². The van der Waals surface area contributed by atoms with Crippen LogP contribution in [0, 0.1) is 0 Å². The second-order valence-corrected chi connectivity index (χ2v) is 8.29. The van der Waals surface area contributed by atoms with Crippen LogP contribution in [0.25, 0.3) is 10.8 Å². The van der Waals surface area contributed by atoms with Crippen LogP contribution >= 0.6 is 0 Å². The molecule has 0 bridgehead atoms. The molecule has 2 atom stereocenters. The zero-order chi connectivity index (χ0) is 20.6. The first-order valence-electron chi connectivity index (χ1n) is 10.3. The maximum atomic E-state index is 12.3. The molecule has 0 saturated heterocycles. The van der Waals surface area contributed by atoms with E-state index in [-0.39, 0.29) is 11.4 Å². The van der Waals surface area contributed by atoms with Gasteiger partial charge in [-0.05, 0) is 59.0 Å². The molecule has 1 aliphatic carbocycles. The van der Waals surface area contributed by atoms with Crippen LogP contribution < -0.4 is 11.1 Å². The minimum Gasteiger partial charge on any atom is -0.324 e. The number of anilines is 1. The molecule has 1 aliphatic rings. The molecule has 30 heavy (non-hydrogen) atoms. The summed E-state index contributed by atoms with van der Waals surface area (Å²) in [5.41, 5.74) is 10.5. The van der Waals surface area contributed by atoms with E-state index in [2.05, 4.69) is 59.9 Å². The minimum atomic E-state index is -0.197. The fraction of sp³-hybridized carbons (Fsp3) is 0.148. The second-order valence-electron chi connectivity index (χ2n) is 8.29. The Labute approximate surface area is 176 Å². The van der Waals surface area contributed by atoms with E-state index < -0.39 is 0 Å². The monoisotopic (exact) mass is 392 g/mol. The summed E-state index contributed by atoms with van der Waals surface area (Å²) in [7, 11) is 0. The largest absolute Gasteiger partial charge is 0.324 e. The van der Waals surface area contributed by atoms with Gasteiger partial charge in [-0.25, -0.2) is 0 Å². The van der Waals surface area contributed by atoms with Crippen molar-refractivity contribution in [3.8, 4) is 0 Å². The molecule has 148 valence electrons. The van der Waals surface area contributed by atoms with Crippen molar-refractivity contribution in [3.05, 3.63) is 114 Å². The molecule has 0 aromatic heterocycles. The molecule has 0 spiro atoms. The number of carbonyl (C=O) groups excluding carboxylic acids is 1. The smallest absolute Gasteiger partial charge is 0.255 e. The molecule has 3 N–H and O–H groups in total. The number of nitrogens with one attached hydrogen (secondary N) is 1. The lowest BCUT2D eigenvalue weighted by molar-refractivity contribution is 0.102. The molecule has 3 heteroatoms. The first-order valence-corrected chi connectivity index (χ1v) is 10.3. The van der Waals surface area contributed by atoms with Gasteiger partial charge in [0.25, 0.3) is 5.91 Å². The molecule has 1 fully saturated rings. The van der Waals surface area contributed by atoms with Crippen LogP contribution in [0.1, 0.15) is 33.8 Å². The highest BCUT2D eigenvalue weighted by Crippen LogP contribution is 2.51. The van der Waals surface area contributed by atoms with Crippen molar-refractivity contribution < 1.29 is 4.79 Å². The van der Waals surface area contributed by atoms with E-state index in [4.69, 9.17) is 5.73 Å². The fourth-order valence-electron chi connectivity index (χ4n) is 4.29.